The van der Waals surface area contributed by atoms with Gasteiger partial charge in [0.1, 0.15) is 0 Å². The van der Waals surface area contributed by atoms with Crippen LogP contribution in [0.5, 0.6) is 0 Å². The molecule has 0 bridgehead atoms. The van der Waals surface area contributed by atoms with Gasteiger partial charge in [-0.2, -0.15) is 0 Å². The highest BCUT2D eigenvalue weighted by Gasteiger charge is 2.45. The Bertz CT molecular complexity index is 156. The predicted molar refractivity (Wildman–Crippen MR) is 42.6 cm³/mol. The molecule has 2 saturated heterocycles. The van der Waals surface area contributed by atoms with Gasteiger partial charge in [0.25, 0.3) is 0 Å². The lowest BCUT2D eigenvalue weighted by molar-refractivity contribution is -0.236. The summed E-state index contributed by atoms with van der Waals surface area (Å²) in [7, 11) is 0. The number of nitrogens with two attached hydrogens (primary N) is 1. The van der Waals surface area contributed by atoms with Crippen LogP contribution in [0.1, 0.15) is 6.42 Å². The lowest BCUT2D eigenvalue weighted by atomic mass is 9.94. The van der Waals surface area contributed by atoms with E-state index in [0.29, 0.717) is 26.4 Å². The van der Waals surface area contributed by atoms with Gasteiger partial charge in [0.15, 0.2) is 5.79 Å². The van der Waals surface area contributed by atoms with E-state index in [4.69, 9.17) is 19.9 Å². The van der Waals surface area contributed by atoms with Crippen LogP contribution in [-0.4, -0.2) is 38.8 Å². The average molecular weight is 173 g/mol. The van der Waals surface area contributed by atoms with Gasteiger partial charge in [-0.3, -0.25) is 0 Å². The number of hydrogen-bond donors (Lipinski definition) is 1. The molecule has 0 aromatic rings. The van der Waals surface area contributed by atoms with Crippen LogP contribution in [0.15, 0.2) is 0 Å². The Hall–Kier alpha value is -0.160. The van der Waals surface area contributed by atoms with Crippen molar-refractivity contribution in [1.82, 2.24) is 0 Å². The summed E-state index contributed by atoms with van der Waals surface area (Å²) in [6, 6.07) is 0. The van der Waals surface area contributed by atoms with Crippen molar-refractivity contribution in [2.45, 2.75) is 12.2 Å². The topological polar surface area (TPSA) is 53.7 Å². The van der Waals surface area contributed by atoms with Crippen molar-refractivity contribution < 1.29 is 14.2 Å². The maximum Gasteiger partial charge on any atom is 0.176 e. The molecule has 2 aliphatic heterocycles. The second-order valence-electron chi connectivity index (χ2n) is 3.27. The molecular weight excluding hydrogens is 158 g/mol. The van der Waals surface area contributed by atoms with Crippen molar-refractivity contribution >= 4 is 0 Å². The standard InChI is InChI=1S/C8H15NO3/c9-5-7-6-10-2-1-8(7)11-3-4-12-8/h7H,1-6,9H2. The summed E-state index contributed by atoms with van der Waals surface area (Å²) < 4.78 is 16.5. The lowest BCUT2D eigenvalue weighted by Crippen LogP contribution is -2.49. The third kappa shape index (κ3) is 1.25. The summed E-state index contributed by atoms with van der Waals surface area (Å²) in [5.41, 5.74) is 5.62. The van der Waals surface area contributed by atoms with Gasteiger partial charge < -0.3 is 19.9 Å². The summed E-state index contributed by atoms with van der Waals surface area (Å²) in [4.78, 5) is 0. The Balaban J connectivity index is 2.07. The minimum absolute atomic E-state index is 0.203. The van der Waals surface area contributed by atoms with E-state index >= 15 is 0 Å². The Morgan fingerprint density at radius 3 is 2.67 bits per heavy atom. The van der Waals surface area contributed by atoms with E-state index < -0.39 is 5.79 Å². The molecule has 4 heteroatoms. The molecule has 0 radical (unpaired) electrons. The zero-order chi connectivity index (χ0) is 8.44. The summed E-state index contributed by atoms with van der Waals surface area (Å²) in [6.45, 7) is 3.33. The van der Waals surface area contributed by atoms with Crippen LogP contribution in [0.3, 0.4) is 0 Å². The molecule has 2 rings (SSSR count). The summed E-state index contributed by atoms with van der Waals surface area (Å²) in [5.74, 6) is -0.207. The van der Waals surface area contributed by atoms with Gasteiger partial charge in [-0.25, -0.2) is 0 Å². The third-order valence-corrected chi connectivity index (χ3v) is 2.60. The number of ether oxygens (including phenoxy) is 3. The van der Waals surface area contributed by atoms with Gasteiger partial charge in [-0.1, -0.05) is 0 Å². The van der Waals surface area contributed by atoms with E-state index in [-0.39, 0.29) is 5.92 Å². The Morgan fingerprint density at radius 1 is 1.25 bits per heavy atom. The van der Waals surface area contributed by atoms with Crippen LogP contribution in [0, 0.1) is 5.92 Å². The van der Waals surface area contributed by atoms with E-state index in [1.807, 2.05) is 0 Å². The molecule has 2 fully saturated rings. The maximum atomic E-state index is 5.62. The summed E-state index contributed by atoms with van der Waals surface area (Å²) in [6.07, 6.45) is 0.814. The number of rotatable bonds is 1. The third-order valence-electron chi connectivity index (χ3n) is 2.60. The molecule has 4 nitrogen and oxygen atoms in total. The van der Waals surface area contributed by atoms with Gasteiger partial charge in [0.05, 0.1) is 26.4 Å². The summed E-state index contributed by atoms with van der Waals surface area (Å²) in [5, 5.41) is 0. The van der Waals surface area contributed by atoms with E-state index in [1.165, 1.54) is 0 Å². The van der Waals surface area contributed by atoms with E-state index in [9.17, 15) is 0 Å². The van der Waals surface area contributed by atoms with Gasteiger partial charge in [0.2, 0.25) is 0 Å². The van der Waals surface area contributed by atoms with Crippen molar-refractivity contribution in [3.8, 4) is 0 Å². The van der Waals surface area contributed by atoms with Crippen molar-refractivity contribution in [2.75, 3.05) is 33.0 Å². The van der Waals surface area contributed by atoms with E-state index in [1.54, 1.807) is 0 Å². The van der Waals surface area contributed by atoms with Gasteiger partial charge in [-0.15, -0.1) is 0 Å². The molecule has 0 aromatic carbocycles. The van der Waals surface area contributed by atoms with Gasteiger partial charge in [-0.05, 0) is 0 Å². The molecule has 0 amide bonds. The first-order valence-corrected chi connectivity index (χ1v) is 4.43. The van der Waals surface area contributed by atoms with Crippen molar-refractivity contribution in [3.05, 3.63) is 0 Å². The second-order valence-corrected chi connectivity index (χ2v) is 3.27. The monoisotopic (exact) mass is 173 g/mol. The van der Waals surface area contributed by atoms with E-state index in [2.05, 4.69) is 0 Å². The molecule has 1 spiro atoms. The first kappa shape index (κ1) is 8.44. The molecule has 2 aliphatic rings. The summed E-state index contributed by atoms with van der Waals surface area (Å²) >= 11 is 0. The van der Waals surface area contributed by atoms with Crippen molar-refractivity contribution in [3.63, 3.8) is 0 Å². The predicted octanol–water partition coefficient (Wildman–Crippen LogP) is -0.275. The number of hydrogen-bond acceptors (Lipinski definition) is 4. The smallest absolute Gasteiger partial charge is 0.176 e. The fraction of sp³-hybridized carbons (Fsp3) is 1.00. The highest BCUT2D eigenvalue weighted by Crippen LogP contribution is 2.34. The van der Waals surface area contributed by atoms with Crippen molar-refractivity contribution in [2.24, 2.45) is 11.7 Å². The molecular formula is C8H15NO3. The molecule has 0 saturated carbocycles. The highest BCUT2D eigenvalue weighted by atomic mass is 16.7. The minimum atomic E-state index is -0.410. The molecule has 1 unspecified atom stereocenters. The molecule has 0 aliphatic carbocycles. The molecule has 70 valence electrons. The Kier molecular flexibility index (Phi) is 2.32. The van der Waals surface area contributed by atoms with Crippen LogP contribution in [-0.2, 0) is 14.2 Å². The van der Waals surface area contributed by atoms with Crippen LogP contribution in [0.2, 0.25) is 0 Å². The highest BCUT2D eigenvalue weighted by molar-refractivity contribution is 4.86. The quantitative estimate of drug-likeness (QED) is 0.592. The molecule has 1 atom stereocenters. The average Bonchev–Trinajstić information content (AvgIpc) is 2.55. The van der Waals surface area contributed by atoms with Crippen LogP contribution in [0.25, 0.3) is 0 Å². The molecule has 2 heterocycles. The second kappa shape index (κ2) is 3.30. The lowest BCUT2D eigenvalue weighted by Gasteiger charge is -2.38. The van der Waals surface area contributed by atoms with Crippen LogP contribution in [0.4, 0.5) is 0 Å². The first-order valence-electron chi connectivity index (χ1n) is 4.43. The first-order chi connectivity index (χ1) is 5.87. The zero-order valence-electron chi connectivity index (χ0n) is 7.12. The van der Waals surface area contributed by atoms with Crippen molar-refractivity contribution in [1.29, 1.82) is 0 Å². The SMILES string of the molecule is NCC1COCCC12OCCO2. The van der Waals surface area contributed by atoms with Gasteiger partial charge >= 0.3 is 0 Å². The zero-order valence-corrected chi connectivity index (χ0v) is 7.12. The Labute approximate surface area is 72.0 Å². The maximum absolute atomic E-state index is 5.62. The van der Waals surface area contributed by atoms with E-state index in [0.717, 1.165) is 13.0 Å². The largest absolute Gasteiger partial charge is 0.381 e. The molecule has 0 aromatic heterocycles. The normalized spacial score (nSPS) is 34.2. The van der Waals surface area contributed by atoms with Crippen LogP contribution >= 0.6 is 0 Å². The fourth-order valence-corrected chi connectivity index (χ4v) is 1.87. The fourth-order valence-electron chi connectivity index (χ4n) is 1.87. The minimum Gasteiger partial charge on any atom is -0.381 e. The van der Waals surface area contributed by atoms with Crippen LogP contribution < -0.4 is 5.73 Å². The van der Waals surface area contributed by atoms with Gasteiger partial charge in [0, 0.05) is 18.9 Å². The molecule has 2 N–H and O–H groups in total. The molecule has 12 heavy (non-hydrogen) atoms. The Morgan fingerprint density at radius 2 is 2.00 bits per heavy atom.